The quantitative estimate of drug-likeness (QED) is 0.0281. The minimum atomic E-state index is -1.33. The first kappa shape index (κ1) is 57.2. The fourth-order valence-electron chi connectivity index (χ4n) is 8.15. The van der Waals surface area contributed by atoms with E-state index in [1.165, 1.54) is 6.92 Å². The zero-order chi connectivity index (χ0) is 50.6. The van der Waals surface area contributed by atoms with Gasteiger partial charge in [0.1, 0.15) is 36.2 Å². The normalized spacial score (nSPS) is 14.3. The van der Waals surface area contributed by atoms with Crippen LogP contribution >= 0.6 is 0 Å². The largest absolute Gasteiger partial charge is 0.508 e. The number of carbonyl (C=O) groups is 7. The van der Waals surface area contributed by atoms with E-state index in [1.807, 2.05) is 74.5 Å². The van der Waals surface area contributed by atoms with Gasteiger partial charge in [0, 0.05) is 31.7 Å². The van der Waals surface area contributed by atoms with E-state index < -0.39 is 71.8 Å². The molecule has 0 saturated carbocycles. The molecule has 3 aromatic rings. The van der Waals surface area contributed by atoms with Crippen LogP contribution in [-0.2, 0) is 52.8 Å². The lowest BCUT2D eigenvalue weighted by atomic mass is 9.97. The summed E-state index contributed by atoms with van der Waals surface area (Å²) in [5, 5.41) is 44.8. The molecule has 1 unspecified atom stereocenters. The Labute approximate surface area is 407 Å². The van der Waals surface area contributed by atoms with Gasteiger partial charge in [-0.2, -0.15) is 0 Å². The highest BCUT2D eigenvalue weighted by Gasteiger charge is 2.32. The van der Waals surface area contributed by atoms with Crippen molar-refractivity contribution in [2.45, 2.75) is 172 Å². The number of unbranched alkanes of at least 4 members (excludes halogenated alkanes) is 8. The Bertz CT molecular complexity index is 2020. The third-order valence-electron chi connectivity index (χ3n) is 12.0. The zero-order valence-corrected chi connectivity index (χ0v) is 40.6. The number of hydrogen-bond donors (Lipinski definition) is 9. The van der Waals surface area contributed by atoms with Crippen molar-refractivity contribution in [1.29, 1.82) is 0 Å². The number of aromatic hydroxyl groups is 1. The standard InChI is InChI=1S/C53H76N6O10/c1-36(2)32-44(50(65)56-43(49(54)64)33-38-20-12-10-13-21-38)57-52(67)48(37(3)61)59-47(63)26-18-8-4-6-16-24-41(25-17-7-5-9-19-31-60)55-45(34-40-27-29-42(62)30-28-40)51(66)58-46(53(68)69)35-39-22-14-11-15-23-39/h10-15,20-23,27-31,36-37,41,43-46,48,55,61-62H,4-9,16-19,24-26,32-35H2,1-3H3,(H2,54,64)(H,56,65)(H,57,67)(H,58,66)(H,59,63)(H,68,69)/t37-,41?,43-,44-,45-,46-,48-/m0/s1. The number of carboxylic acids is 1. The fourth-order valence-corrected chi connectivity index (χ4v) is 8.15. The van der Waals surface area contributed by atoms with Gasteiger partial charge in [0.25, 0.3) is 0 Å². The molecule has 0 aromatic heterocycles. The molecule has 0 heterocycles. The monoisotopic (exact) mass is 957 g/mol. The molecule has 0 aliphatic rings. The van der Waals surface area contributed by atoms with Crippen LogP contribution < -0.4 is 32.3 Å². The number of hydrogen-bond acceptors (Lipinski definition) is 10. The van der Waals surface area contributed by atoms with Gasteiger partial charge >= 0.3 is 5.97 Å². The van der Waals surface area contributed by atoms with Crippen molar-refractivity contribution >= 4 is 41.8 Å². The van der Waals surface area contributed by atoms with Crippen LogP contribution in [0.15, 0.2) is 84.9 Å². The van der Waals surface area contributed by atoms with E-state index in [2.05, 4.69) is 26.6 Å². The first-order valence-corrected chi connectivity index (χ1v) is 24.5. The van der Waals surface area contributed by atoms with E-state index >= 15 is 0 Å². The summed E-state index contributed by atoms with van der Waals surface area (Å²) < 4.78 is 0. The first-order valence-electron chi connectivity index (χ1n) is 24.5. The molecule has 69 heavy (non-hydrogen) atoms. The predicted molar refractivity (Wildman–Crippen MR) is 265 cm³/mol. The highest BCUT2D eigenvalue weighted by atomic mass is 16.4. The summed E-state index contributed by atoms with van der Waals surface area (Å²) >= 11 is 0. The number of nitrogens with two attached hydrogens (primary N) is 1. The van der Waals surface area contributed by atoms with Crippen LogP contribution in [0.5, 0.6) is 5.75 Å². The molecule has 0 aliphatic heterocycles. The minimum absolute atomic E-state index is 0.0298. The molecular formula is C53H76N6O10. The Kier molecular flexibility index (Phi) is 26.4. The number of benzene rings is 3. The van der Waals surface area contributed by atoms with E-state index in [0.29, 0.717) is 12.8 Å². The molecule has 0 fully saturated rings. The second kappa shape index (κ2) is 31.8. The average Bonchev–Trinajstić information content (AvgIpc) is 3.31. The Balaban J connectivity index is 1.57. The van der Waals surface area contributed by atoms with E-state index in [0.717, 1.165) is 87.2 Å². The van der Waals surface area contributed by atoms with Gasteiger partial charge in [-0.05, 0) is 80.2 Å². The molecule has 0 spiro atoms. The number of carboxylic acid groups (broad SMARTS) is 1. The second-order valence-corrected chi connectivity index (χ2v) is 18.5. The Morgan fingerprint density at radius 1 is 0.580 bits per heavy atom. The number of aldehydes is 1. The van der Waals surface area contributed by atoms with Crippen molar-refractivity contribution in [2.24, 2.45) is 11.7 Å². The van der Waals surface area contributed by atoms with Crippen LogP contribution in [-0.4, -0.2) is 99.5 Å². The van der Waals surface area contributed by atoms with E-state index in [9.17, 15) is 48.9 Å². The fraction of sp³-hybridized carbons (Fsp3) is 0.528. The number of aliphatic hydroxyl groups excluding tert-OH is 1. The summed E-state index contributed by atoms with van der Waals surface area (Å²) in [5.41, 5.74) is 7.98. The summed E-state index contributed by atoms with van der Waals surface area (Å²) in [7, 11) is 0. The lowest BCUT2D eigenvalue weighted by molar-refractivity contribution is -0.142. The molecule has 7 atom stereocenters. The van der Waals surface area contributed by atoms with Crippen molar-refractivity contribution in [3.05, 3.63) is 102 Å². The molecule has 0 bridgehead atoms. The number of nitrogens with one attached hydrogen (secondary N) is 5. The third kappa shape index (κ3) is 23.2. The van der Waals surface area contributed by atoms with Gasteiger partial charge in [-0.3, -0.25) is 24.0 Å². The third-order valence-corrected chi connectivity index (χ3v) is 12.0. The Hall–Kier alpha value is -6.13. The lowest BCUT2D eigenvalue weighted by Crippen LogP contribution is -2.59. The van der Waals surface area contributed by atoms with Gasteiger partial charge in [-0.25, -0.2) is 4.79 Å². The maximum absolute atomic E-state index is 13.9. The Morgan fingerprint density at radius 2 is 1.06 bits per heavy atom. The molecule has 3 rings (SSSR count). The summed E-state index contributed by atoms with van der Waals surface area (Å²) in [6.07, 6.45) is 9.75. The van der Waals surface area contributed by atoms with E-state index in [4.69, 9.17) is 5.73 Å². The maximum Gasteiger partial charge on any atom is 0.326 e. The van der Waals surface area contributed by atoms with Gasteiger partial charge in [0.05, 0.1) is 12.1 Å². The van der Waals surface area contributed by atoms with Crippen LogP contribution in [0.2, 0.25) is 0 Å². The van der Waals surface area contributed by atoms with Crippen LogP contribution in [0.1, 0.15) is 127 Å². The lowest BCUT2D eigenvalue weighted by Gasteiger charge is -2.27. The molecule has 378 valence electrons. The number of rotatable bonds is 35. The number of amides is 5. The van der Waals surface area contributed by atoms with Crippen molar-refractivity contribution in [3.8, 4) is 5.75 Å². The van der Waals surface area contributed by atoms with Crippen molar-refractivity contribution in [3.63, 3.8) is 0 Å². The predicted octanol–water partition coefficient (Wildman–Crippen LogP) is 4.95. The highest BCUT2D eigenvalue weighted by Crippen LogP contribution is 2.18. The average molecular weight is 957 g/mol. The van der Waals surface area contributed by atoms with Crippen LogP contribution in [0.25, 0.3) is 0 Å². The van der Waals surface area contributed by atoms with Gasteiger partial charge in [-0.15, -0.1) is 0 Å². The number of primary amides is 1. The molecule has 10 N–H and O–H groups in total. The summed E-state index contributed by atoms with van der Waals surface area (Å²) in [5.74, 6) is -4.02. The number of carbonyl (C=O) groups excluding carboxylic acids is 6. The second-order valence-electron chi connectivity index (χ2n) is 18.5. The summed E-state index contributed by atoms with van der Waals surface area (Å²) in [4.78, 5) is 89.4. The van der Waals surface area contributed by atoms with E-state index in [1.54, 1.807) is 24.3 Å². The van der Waals surface area contributed by atoms with E-state index in [-0.39, 0.29) is 49.8 Å². The summed E-state index contributed by atoms with van der Waals surface area (Å²) in [6.45, 7) is 5.12. The van der Waals surface area contributed by atoms with Gasteiger partial charge < -0.3 is 52.4 Å². The Morgan fingerprint density at radius 3 is 1.59 bits per heavy atom. The highest BCUT2D eigenvalue weighted by molar-refractivity contribution is 5.94. The minimum Gasteiger partial charge on any atom is -0.508 e. The molecule has 16 nitrogen and oxygen atoms in total. The first-order chi connectivity index (χ1) is 33.1. The smallest absolute Gasteiger partial charge is 0.326 e. The molecule has 0 radical (unpaired) electrons. The maximum atomic E-state index is 13.9. The molecular weight excluding hydrogens is 881 g/mol. The number of phenolic OH excluding ortho intramolecular Hbond substituents is 1. The van der Waals surface area contributed by atoms with Crippen molar-refractivity contribution < 1.29 is 48.9 Å². The SMILES string of the molecule is CC(C)C[C@H](NC(=O)[C@@H](NC(=O)CCCCCCCC(CCCCCCC=O)N[C@@H](Cc1ccc(O)cc1)C(=O)N[C@@H](Cc1ccccc1)C(=O)O)[C@H](C)O)C(=O)N[C@@H](Cc1ccccc1)C(N)=O. The molecule has 5 amide bonds. The van der Waals surface area contributed by atoms with Crippen molar-refractivity contribution in [2.75, 3.05) is 0 Å². The topological polar surface area (TPSA) is 266 Å². The number of aliphatic carboxylic acids is 1. The summed E-state index contributed by atoms with van der Waals surface area (Å²) in [6, 6.07) is 19.3. The van der Waals surface area contributed by atoms with Crippen LogP contribution in [0.3, 0.4) is 0 Å². The molecule has 0 aliphatic carbocycles. The van der Waals surface area contributed by atoms with Gasteiger partial charge in [-0.1, -0.05) is 132 Å². The van der Waals surface area contributed by atoms with Crippen molar-refractivity contribution in [1.82, 2.24) is 26.6 Å². The van der Waals surface area contributed by atoms with Crippen LogP contribution in [0, 0.1) is 5.92 Å². The van der Waals surface area contributed by atoms with Gasteiger partial charge in [0.15, 0.2) is 0 Å². The zero-order valence-electron chi connectivity index (χ0n) is 40.6. The van der Waals surface area contributed by atoms with Gasteiger partial charge in [0.2, 0.25) is 29.5 Å². The molecule has 16 heteroatoms. The number of aliphatic hydroxyl groups is 1. The number of phenols is 1. The molecule has 0 saturated heterocycles. The van der Waals surface area contributed by atoms with Crippen LogP contribution in [0.4, 0.5) is 0 Å². The molecule has 3 aromatic carbocycles.